The van der Waals surface area contributed by atoms with Crippen molar-refractivity contribution in [3.8, 4) is 11.1 Å². The highest BCUT2D eigenvalue weighted by atomic mass is 14.3. The van der Waals surface area contributed by atoms with E-state index in [0.29, 0.717) is 0 Å². The highest BCUT2D eigenvalue weighted by molar-refractivity contribution is 6.21. The van der Waals surface area contributed by atoms with E-state index in [0.717, 1.165) is 36.8 Å². The van der Waals surface area contributed by atoms with Crippen LogP contribution in [0.4, 0.5) is 0 Å². The maximum atomic E-state index is 8.31. The van der Waals surface area contributed by atoms with Gasteiger partial charge >= 0.3 is 0 Å². The van der Waals surface area contributed by atoms with Gasteiger partial charge in [0.25, 0.3) is 0 Å². The summed E-state index contributed by atoms with van der Waals surface area (Å²) in [5.41, 5.74) is 7.14. The number of benzene rings is 6. The molecule has 6 rings (SSSR count). The van der Waals surface area contributed by atoms with E-state index in [4.69, 9.17) is 5.41 Å². The van der Waals surface area contributed by atoms with Crippen LogP contribution in [-0.4, -0.2) is 6.21 Å². The second kappa shape index (κ2) is 14.5. The topological polar surface area (TPSA) is 23.9 Å². The maximum Gasteiger partial charge on any atom is 0.0253 e. The van der Waals surface area contributed by atoms with Gasteiger partial charge in [0.2, 0.25) is 0 Å². The monoisotopic (exact) mass is 581 g/mol. The number of rotatable bonds is 11. The van der Waals surface area contributed by atoms with Crippen LogP contribution in [0.2, 0.25) is 0 Å². The molecule has 0 atom stereocenters. The molecular formula is C44H39N. The first-order valence-electron chi connectivity index (χ1n) is 16.0. The first-order valence-corrected chi connectivity index (χ1v) is 16.0. The summed E-state index contributed by atoms with van der Waals surface area (Å²) < 4.78 is 0. The summed E-state index contributed by atoms with van der Waals surface area (Å²) >= 11 is 0. The Bertz CT molecular complexity index is 2020. The molecule has 220 valence electrons. The summed E-state index contributed by atoms with van der Waals surface area (Å²) in [5, 5.41) is 15.8. The van der Waals surface area contributed by atoms with Crippen LogP contribution in [0.1, 0.15) is 36.5 Å². The van der Waals surface area contributed by atoms with Crippen LogP contribution < -0.4 is 0 Å². The summed E-state index contributed by atoms with van der Waals surface area (Å²) in [6, 6.07) is 41.3. The minimum Gasteiger partial charge on any atom is -0.308 e. The SMILES string of the molecule is CC/C=C\C=C/C/C=C\Cc1c2ccccc2c(-c2ccc(/C(C=N)=C/Cc3ccccc3)c3ccccc23)c2ccccc12. The first-order chi connectivity index (χ1) is 22.3. The predicted molar refractivity (Wildman–Crippen MR) is 197 cm³/mol. The standard InChI is InChI=1S/C44H39N/c1-2-3-4-5-6-7-8-12-21-37-39-24-15-17-26-41(39)44(42-27-18-16-25-40(37)42)43-31-30-35(36-22-13-14-23-38(36)43)34(32-45)29-28-33-19-10-9-11-20-33/h3-6,8-20,22-27,29-32,45H,2,7,21,28H2,1H3/b4-3-,6-5-,12-8-,34-29+,45-32?. The largest absolute Gasteiger partial charge is 0.308 e. The van der Waals surface area contributed by atoms with Gasteiger partial charge in [-0.05, 0) is 91.4 Å². The van der Waals surface area contributed by atoms with Gasteiger partial charge in [0.1, 0.15) is 0 Å². The van der Waals surface area contributed by atoms with E-state index >= 15 is 0 Å². The first kappa shape index (κ1) is 29.8. The third kappa shape index (κ3) is 6.49. The van der Waals surface area contributed by atoms with Crippen molar-refractivity contribution in [1.29, 1.82) is 5.41 Å². The molecule has 0 bridgehead atoms. The number of fused-ring (bicyclic) bond motifs is 3. The van der Waals surface area contributed by atoms with Crippen molar-refractivity contribution in [2.24, 2.45) is 0 Å². The lowest BCUT2D eigenvalue weighted by atomic mass is 9.84. The molecule has 1 heteroatoms. The van der Waals surface area contributed by atoms with Crippen LogP contribution >= 0.6 is 0 Å². The summed E-state index contributed by atoms with van der Waals surface area (Å²) in [6.45, 7) is 2.15. The molecular weight excluding hydrogens is 542 g/mol. The molecule has 0 aromatic heterocycles. The van der Waals surface area contributed by atoms with Gasteiger partial charge in [-0.15, -0.1) is 0 Å². The van der Waals surface area contributed by atoms with E-state index in [1.165, 1.54) is 60.8 Å². The predicted octanol–water partition coefficient (Wildman–Crippen LogP) is 12.1. The molecule has 0 saturated heterocycles. The average molecular weight is 582 g/mol. The van der Waals surface area contributed by atoms with Crippen LogP contribution in [0.15, 0.2) is 158 Å². The number of nitrogens with one attached hydrogen (secondary N) is 1. The summed E-state index contributed by atoms with van der Waals surface area (Å²) in [7, 11) is 0. The van der Waals surface area contributed by atoms with Crippen LogP contribution in [0, 0.1) is 5.41 Å². The quantitative estimate of drug-likeness (QED) is 0.0681. The third-order valence-corrected chi connectivity index (χ3v) is 8.48. The van der Waals surface area contributed by atoms with Crippen molar-refractivity contribution >= 4 is 44.1 Å². The van der Waals surface area contributed by atoms with Crippen molar-refractivity contribution in [1.82, 2.24) is 0 Å². The molecule has 0 unspecified atom stereocenters. The summed E-state index contributed by atoms with van der Waals surface area (Å²) in [6.07, 6.45) is 20.6. The van der Waals surface area contributed by atoms with E-state index in [2.05, 4.69) is 159 Å². The Morgan fingerprint density at radius 2 is 1.16 bits per heavy atom. The lowest BCUT2D eigenvalue weighted by Gasteiger charge is -2.19. The van der Waals surface area contributed by atoms with Crippen molar-refractivity contribution < 1.29 is 0 Å². The molecule has 0 spiro atoms. The van der Waals surface area contributed by atoms with Gasteiger partial charge in [-0.25, -0.2) is 0 Å². The van der Waals surface area contributed by atoms with E-state index < -0.39 is 0 Å². The van der Waals surface area contributed by atoms with Gasteiger partial charge in [-0.2, -0.15) is 0 Å². The molecule has 0 aliphatic carbocycles. The normalized spacial score (nSPS) is 12.4. The molecule has 1 nitrogen and oxygen atoms in total. The third-order valence-electron chi connectivity index (χ3n) is 8.48. The minimum atomic E-state index is 0.791. The number of hydrogen-bond acceptors (Lipinski definition) is 1. The van der Waals surface area contributed by atoms with Crippen molar-refractivity contribution in [3.05, 3.63) is 174 Å². The summed E-state index contributed by atoms with van der Waals surface area (Å²) in [4.78, 5) is 0. The summed E-state index contributed by atoms with van der Waals surface area (Å²) in [5.74, 6) is 0. The van der Waals surface area contributed by atoms with Crippen molar-refractivity contribution in [3.63, 3.8) is 0 Å². The molecule has 0 heterocycles. The van der Waals surface area contributed by atoms with Crippen LogP contribution in [-0.2, 0) is 12.8 Å². The zero-order valence-corrected chi connectivity index (χ0v) is 25.9. The number of hydrogen-bond donors (Lipinski definition) is 1. The van der Waals surface area contributed by atoms with Crippen molar-refractivity contribution in [2.75, 3.05) is 0 Å². The molecule has 0 fully saturated rings. The molecule has 45 heavy (non-hydrogen) atoms. The fourth-order valence-electron chi connectivity index (χ4n) is 6.33. The Kier molecular flexibility index (Phi) is 9.58. The van der Waals surface area contributed by atoms with Gasteiger partial charge in [-0.1, -0.05) is 165 Å². The molecule has 6 aromatic carbocycles. The lowest BCUT2D eigenvalue weighted by Crippen LogP contribution is -1.95. The molecule has 0 aliphatic heterocycles. The molecule has 0 amide bonds. The lowest BCUT2D eigenvalue weighted by molar-refractivity contribution is 1.22. The molecule has 1 N–H and O–H groups in total. The van der Waals surface area contributed by atoms with E-state index in [9.17, 15) is 0 Å². The Balaban J connectivity index is 1.47. The molecule has 0 aliphatic rings. The Hall–Kier alpha value is -5.27. The highest BCUT2D eigenvalue weighted by Gasteiger charge is 2.17. The smallest absolute Gasteiger partial charge is 0.0253 e. The zero-order chi connectivity index (χ0) is 30.8. The zero-order valence-electron chi connectivity index (χ0n) is 25.9. The minimum absolute atomic E-state index is 0.791. The fraction of sp³-hybridized carbons (Fsp3) is 0.114. The Morgan fingerprint density at radius 1 is 0.556 bits per heavy atom. The second-order valence-corrected chi connectivity index (χ2v) is 11.3. The van der Waals surface area contributed by atoms with Crippen molar-refractivity contribution in [2.45, 2.75) is 32.6 Å². The van der Waals surface area contributed by atoms with E-state index in [-0.39, 0.29) is 0 Å². The van der Waals surface area contributed by atoms with Gasteiger partial charge in [0.15, 0.2) is 0 Å². The van der Waals surface area contributed by atoms with Gasteiger partial charge in [0.05, 0.1) is 0 Å². The number of allylic oxidation sites excluding steroid dienone is 8. The van der Waals surface area contributed by atoms with E-state index in [1.807, 2.05) is 6.07 Å². The van der Waals surface area contributed by atoms with Gasteiger partial charge in [0, 0.05) is 6.21 Å². The Morgan fingerprint density at radius 3 is 1.82 bits per heavy atom. The fourth-order valence-corrected chi connectivity index (χ4v) is 6.33. The van der Waals surface area contributed by atoms with Gasteiger partial charge < -0.3 is 5.41 Å². The highest BCUT2D eigenvalue weighted by Crippen LogP contribution is 2.43. The van der Waals surface area contributed by atoms with Crippen LogP contribution in [0.25, 0.3) is 49.0 Å². The van der Waals surface area contributed by atoms with Gasteiger partial charge in [-0.3, -0.25) is 0 Å². The maximum absolute atomic E-state index is 8.31. The molecule has 0 saturated carbocycles. The average Bonchev–Trinajstić information content (AvgIpc) is 3.10. The molecule has 0 radical (unpaired) electrons. The van der Waals surface area contributed by atoms with E-state index in [1.54, 1.807) is 0 Å². The van der Waals surface area contributed by atoms with Crippen LogP contribution in [0.5, 0.6) is 0 Å². The Labute approximate surface area is 267 Å². The second-order valence-electron chi connectivity index (χ2n) is 11.3. The molecule has 6 aromatic rings. The van der Waals surface area contributed by atoms with Crippen LogP contribution in [0.3, 0.4) is 0 Å².